The van der Waals surface area contributed by atoms with E-state index in [1.165, 1.54) is 5.52 Å². The van der Waals surface area contributed by atoms with Gasteiger partial charge in [-0.25, -0.2) is 4.98 Å². The molecule has 1 aromatic carbocycles. The molecule has 2 unspecified atom stereocenters. The first-order valence-corrected chi connectivity index (χ1v) is 7.29. The lowest BCUT2D eigenvalue weighted by atomic mass is 9.86. The number of nitriles is 1. The van der Waals surface area contributed by atoms with Crippen LogP contribution in [-0.4, -0.2) is 22.1 Å². The summed E-state index contributed by atoms with van der Waals surface area (Å²) in [6.45, 7) is 0.927. The molecule has 1 aromatic heterocycles. The molecule has 0 radical (unpaired) electrons. The number of nitrogens with one attached hydrogen (secondary N) is 1. The molecular weight excluding hydrogens is 248 g/mol. The summed E-state index contributed by atoms with van der Waals surface area (Å²) in [5.74, 6) is 0.429. The number of aromatic nitrogens is 2. The molecule has 0 bridgehead atoms. The van der Waals surface area contributed by atoms with Crippen molar-refractivity contribution in [3.05, 3.63) is 30.6 Å². The van der Waals surface area contributed by atoms with Crippen molar-refractivity contribution in [3.8, 4) is 6.07 Å². The number of rotatable bonds is 4. The Morgan fingerprint density at radius 1 is 1.50 bits per heavy atom. The number of benzene rings is 1. The number of nitrogens with zero attached hydrogens (tertiary/aromatic N) is 3. The largest absolute Gasteiger partial charge is 0.331 e. The van der Waals surface area contributed by atoms with Gasteiger partial charge in [-0.2, -0.15) is 5.26 Å². The first-order valence-electron chi connectivity index (χ1n) is 7.29. The Morgan fingerprint density at radius 3 is 3.15 bits per heavy atom. The molecule has 1 aliphatic rings. The second-order valence-corrected chi connectivity index (χ2v) is 5.64. The monoisotopic (exact) mass is 268 g/mol. The molecule has 104 valence electrons. The molecular formula is C16H20N4. The zero-order chi connectivity index (χ0) is 14.0. The third kappa shape index (κ3) is 2.08. The second-order valence-electron chi connectivity index (χ2n) is 5.64. The Morgan fingerprint density at radius 2 is 2.35 bits per heavy atom. The molecule has 1 saturated carbocycles. The van der Waals surface area contributed by atoms with Gasteiger partial charge in [0.2, 0.25) is 0 Å². The summed E-state index contributed by atoms with van der Waals surface area (Å²) in [7, 11) is 1.91. The Kier molecular flexibility index (Phi) is 3.45. The summed E-state index contributed by atoms with van der Waals surface area (Å²) in [4.78, 5) is 4.42. The highest BCUT2D eigenvalue weighted by atomic mass is 15.0. The van der Waals surface area contributed by atoms with E-state index < -0.39 is 0 Å². The molecule has 0 saturated heterocycles. The maximum atomic E-state index is 9.48. The number of fused-ring (bicyclic) bond motifs is 1. The van der Waals surface area contributed by atoms with Gasteiger partial charge in [0.25, 0.3) is 0 Å². The molecule has 3 rings (SSSR count). The minimum Gasteiger partial charge on any atom is -0.331 e. The van der Waals surface area contributed by atoms with Crippen molar-refractivity contribution >= 4 is 11.0 Å². The smallest absolute Gasteiger partial charge is 0.109 e. The summed E-state index contributed by atoms with van der Waals surface area (Å²) in [5, 5.41) is 12.7. The van der Waals surface area contributed by atoms with E-state index in [2.05, 4.69) is 27.0 Å². The van der Waals surface area contributed by atoms with Gasteiger partial charge in [0.1, 0.15) is 5.54 Å². The first kappa shape index (κ1) is 13.1. The fraction of sp³-hybridized carbons (Fsp3) is 0.500. The average Bonchev–Trinajstić information content (AvgIpc) is 3.09. The van der Waals surface area contributed by atoms with Crippen LogP contribution < -0.4 is 5.32 Å². The molecule has 0 aliphatic heterocycles. The van der Waals surface area contributed by atoms with Crippen molar-refractivity contribution in [3.63, 3.8) is 0 Å². The van der Waals surface area contributed by atoms with Gasteiger partial charge in [-0.1, -0.05) is 18.6 Å². The van der Waals surface area contributed by atoms with E-state index in [9.17, 15) is 5.26 Å². The van der Waals surface area contributed by atoms with Gasteiger partial charge in [-0.3, -0.25) is 0 Å². The molecule has 20 heavy (non-hydrogen) atoms. The zero-order valence-electron chi connectivity index (χ0n) is 11.8. The fourth-order valence-electron chi connectivity index (χ4n) is 3.48. The first-order chi connectivity index (χ1) is 9.79. The van der Waals surface area contributed by atoms with Crippen LogP contribution in [0.4, 0.5) is 0 Å². The Hall–Kier alpha value is -1.86. The topological polar surface area (TPSA) is 53.6 Å². The Bertz CT molecular complexity index is 639. The summed E-state index contributed by atoms with van der Waals surface area (Å²) in [6, 6.07) is 10.7. The predicted octanol–water partition coefficient (Wildman–Crippen LogP) is 2.71. The molecule has 0 spiro atoms. The summed E-state index contributed by atoms with van der Waals surface area (Å²) in [6.07, 6.45) is 6.18. The van der Waals surface area contributed by atoms with E-state index in [-0.39, 0.29) is 5.54 Å². The lowest BCUT2D eigenvalue weighted by Gasteiger charge is -2.28. The highest BCUT2D eigenvalue weighted by molar-refractivity contribution is 5.74. The highest BCUT2D eigenvalue weighted by Gasteiger charge is 2.41. The van der Waals surface area contributed by atoms with Crippen LogP contribution in [0.5, 0.6) is 0 Å². The SMILES string of the molecule is CNC1(C#N)CCCC1CCn1cnc2ccccc21. The molecule has 2 aromatic rings. The van der Waals surface area contributed by atoms with E-state index in [1.807, 2.05) is 31.6 Å². The molecule has 0 amide bonds. The van der Waals surface area contributed by atoms with Gasteiger partial charge in [0.05, 0.1) is 23.4 Å². The second kappa shape index (κ2) is 5.26. The van der Waals surface area contributed by atoms with Gasteiger partial charge < -0.3 is 9.88 Å². The number of aryl methyl sites for hydroxylation is 1. The van der Waals surface area contributed by atoms with Crippen molar-refractivity contribution in [2.75, 3.05) is 7.05 Å². The third-order valence-corrected chi connectivity index (χ3v) is 4.71. The van der Waals surface area contributed by atoms with E-state index in [0.29, 0.717) is 5.92 Å². The van der Waals surface area contributed by atoms with Crippen molar-refractivity contribution < 1.29 is 0 Å². The van der Waals surface area contributed by atoms with Crippen LogP contribution in [-0.2, 0) is 6.54 Å². The Labute approximate surface area is 119 Å². The van der Waals surface area contributed by atoms with Crippen LogP contribution in [0.2, 0.25) is 0 Å². The molecule has 1 fully saturated rings. The van der Waals surface area contributed by atoms with Crippen LogP contribution in [0.3, 0.4) is 0 Å². The molecule has 1 aliphatic carbocycles. The van der Waals surface area contributed by atoms with Crippen LogP contribution in [0.1, 0.15) is 25.7 Å². The number of imidazole rings is 1. The van der Waals surface area contributed by atoms with E-state index in [0.717, 1.165) is 37.7 Å². The van der Waals surface area contributed by atoms with E-state index >= 15 is 0 Å². The molecule has 1 N–H and O–H groups in total. The standard InChI is InChI=1S/C16H20N4/c1-18-16(11-17)9-4-5-13(16)8-10-20-12-19-14-6-2-3-7-15(14)20/h2-3,6-7,12-13,18H,4-5,8-10H2,1H3. The van der Waals surface area contributed by atoms with Crippen LogP contribution in [0, 0.1) is 17.2 Å². The summed E-state index contributed by atoms with van der Waals surface area (Å²) in [5.41, 5.74) is 1.90. The quantitative estimate of drug-likeness (QED) is 0.927. The minimum absolute atomic E-state index is 0.323. The van der Waals surface area contributed by atoms with Gasteiger partial charge in [0, 0.05) is 6.54 Å². The zero-order valence-corrected chi connectivity index (χ0v) is 11.8. The van der Waals surface area contributed by atoms with Crippen molar-refractivity contribution in [2.24, 2.45) is 5.92 Å². The number of para-hydroxylation sites is 2. The average molecular weight is 268 g/mol. The van der Waals surface area contributed by atoms with E-state index in [4.69, 9.17) is 0 Å². The molecule has 1 heterocycles. The van der Waals surface area contributed by atoms with Gasteiger partial charge in [0.15, 0.2) is 0 Å². The van der Waals surface area contributed by atoms with Gasteiger partial charge in [-0.15, -0.1) is 0 Å². The van der Waals surface area contributed by atoms with Crippen LogP contribution >= 0.6 is 0 Å². The number of hydrogen-bond donors (Lipinski definition) is 1. The third-order valence-electron chi connectivity index (χ3n) is 4.71. The number of hydrogen-bond acceptors (Lipinski definition) is 3. The normalized spacial score (nSPS) is 25.9. The van der Waals surface area contributed by atoms with Gasteiger partial charge in [-0.05, 0) is 44.4 Å². The van der Waals surface area contributed by atoms with E-state index in [1.54, 1.807) is 0 Å². The lowest BCUT2D eigenvalue weighted by Crippen LogP contribution is -2.45. The van der Waals surface area contributed by atoms with Gasteiger partial charge >= 0.3 is 0 Å². The van der Waals surface area contributed by atoms with Crippen LogP contribution in [0.15, 0.2) is 30.6 Å². The molecule has 4 nitrogen and oxygen atoms in total. The highest BCUT2D eigenvalue weighted by Crippen LogP contribution is 2.37. The summed E-state index contributed by atoms with van der Waals surface area (Å²) >= 11 is 0. The molecule has 4 heteroatoms. The van der Waals surface area contributed by atoms with Crippen molar-refractivity contribution in [1.82, 2.24) is 14.9 Å². The van der Waals surface area contributed by atoms with Crippen molar-refractivity contribution in [1.29, 1.82) is 5.26 Å². The summed E-state index contributed by atoms with van der Waals surface area (Å²) < 4.78 is 2.20. The van der Waals surface area contributed by atoms with Crippen LogP contribution in [0.25, 0.3) is 11.0 Å². The fourth-order valence-corrected chi connectivity index (χ4v) is 3.48. The van der Waals surface area contributed by atoms with Crippen molar-refractivity contribution in [2.45, 2.75) is 37.8 Å². The lowest BCUT2D eigenvalue weighted by molar-refractivity contribution is 0.308. The predicted molar refractivity (Wildman–Crippen MR) is 79.1 cm³/mol. The minimum atomic E-state index is -0.323. The maximum Gasteiger partial charge on any atom is 0.109 e. The molecule has 2 atom stereocenters. The maximum absolute atomic E-state index is 9.48. The Balaban J connectivity index is 1.75.